The number of hydrogen-bond donors (Lipinski definition) is 1. The van der Waals surface area contributed by atoms with Gasteiger partial charge in [-0.1, -0.05) is 12.1 Å². The predicted octanol–water partition coefficient (Wildman–Crippen LogP) is 0.197. The molecule has 2 N–H and O–H groups in total. The molecule has 2 aromatic heterocycles. The number of aryl methyl sites for hydroxylation is 1. The van der Waals surface area contributed by atoms with E-state index in [0.717, 1.165) is 5.56 Å². The van der Waals surface area contributed by atoms with Crippen LogP contribution in [0.3, 0.4) is 0 Å². The number of hydrazine groups is 1. The lowest BCUT2D eigenvalue weighted by Gasteiger charge is -2.14. The van der Waals surface area contributed by atoms with Crippen LogP contribution >= 0.6 is 0 Å². The van der Waals surface area contributed by atoms with Crippen molar-refractivity contribution in [2.75, 3.05) is 11.6 Å². The first-order chi connectivity index (χ1) is 9.13. The molecular formula is C12H14N6O. The van der Waals surface area contributed by atoms with Crippen LogP contribution in [0.15, 0.2) is 42.1 Å². The van der Waals surface area contributed by atoms with Crippen LogP contribution in [0.2, 0.25) is 0 Å². The maximum atomic E-state index is 12.0. The third-order valence-corrected chi connectivity index (χ3v) is 2.48. The zero-order chi connectivity index (χ0) is 13.8. The summed E-state index contributed by atoms with van der Waals surface area (Å²) in [5.41, 5.74) is 0.378. The van der Waals surface area contributed by atoms with Crippen molar-refractivity contribution in [3.05, 3.63) is 53.4 Å². The average molecular weight is 258 g/mol. The summed E-state index contributed by atoms with van der Waals surface area (Å²) in [5, 5.41) is 1.24. The quantitative estimate of drug-likeness (QED) is 0.478. The topological polar surface area (TPSA) is 89.9 Å². The molecular weight excluding hydrogens is 244 g/mol. The number of hydrogen-bond acceptors (Lipinski definition) is 6. The van der Waals surface area contributed by atoms with E-state index in [4.69, 9.17) is 5.84 Å². The van der Waals surface area contributed by atoms with E-state index in [1.165, 1.54) is 15.9 Å². The molecule has 0 aromatic carbocycles. The molecule has 0 radical (unpaired) electrons. The number of anilines is 1. The molecule has 0 saturated carbocycles. The van der Waals surface area contributed by atoms with Crippen LogP contribution in [0.5, 0.6) is 0 Å². The Hall–Kier alpha value is -2.54. The van der Waals surface area contributed by atoms with E-state index in [2.05, 4.69) is 21.5 Å². The maximum absolute atomic E-state index is 12.0. The lowest BCUT2D eigenvalue weighted by molar-refractivity contribution is 0.785. The number of nitrogens with zero attached hydrogens (tertiary/aromatic N) is 5. The van der Waals surface area contributed by atoms with Gasteiger partial charge in [-0.3, -0.25) is 5.01 Å². The van der Waals surface area contributed by atoms with E-state index in [1.54, 1.807) is 18.3 Å². The molecule has 2 aromatic rings. The fraction of sp³-hybridized carbons (Fsp3) is 0.167. The van der Waals surface area contributed by atoms with Gasteiger partial charge in [0, 0.05) is 6.20 Å². The Morgan fingerprint density at radius 3 is 2.95 bits per heavy atom. The third kappa shape index (κ3) is 2.66. The third-order valence-electron chi connectivity index (χ3n) is 2.48. The molecule has 0 saturated heterocycles. The van der Waals surface area contributed by atoms with Gasteiger partial charge in [0.2, 0.25) is 5.95 Å². The van der Waals surface area contributed by atoms with Gasteiger partial charge in [-0.25, -0.2) is 25.2 Å². The van der Waals surface area contributed by atoms with Crippen LogP contribution in [0.25, 0.3) is 5.82 Å². The Labute approximate surface area is 110 Å². The normalized spacial score (nSPS) is 10.2. The standard InChI is InChI=1S/C12H14N6O/c1-3-7-18(13)11-15-8-17(12(19)16-11)10-9(2)5-4-6-14-10/h3-6,8H,1,7,13H2,2H3. The van der Waals surface area contributed by atoms with Gasteiger partial charge in [-0.15, -0.1) is 6.58 Å². The molecule has 0 unspecified atom stereocenters. The molecule has 2 rings (SSSR count). The fourth-order valence-corrected chi connectivity index (χ4v) is 1.56. The van der Waals surface area contributed by atoms with Gasteiger partial charge in [-0.2, -0.15) is 4.98 Å². The largest absolute Gasteiger partial charge is 0.357 e. The van der Waals surface area contributed by atoms with Crippen molar-refractivity contribution in [1.29, 1.82) is 0 Å². The number of rotatable bonds is 4. The number of nitrogens with two attached hydrogens (primary N) is 1. The van der Waals surface area contributed by atoms with Gasteiger partial charge in [-0.05, 0) is 18.6 Å². The summed E-state index contributed by atoms with van der Waals surface area (Å²) in [4.78, 5) is 24.0. The summed E-state index contributed by atoms with van der Waals surface area (Å²) >= 11 is 0. The fourth-order valence-electron chi connectivity index (χ4n) is 1.56. The van der Waals surface area contributed by atoms with Gasteiger partial charge in [0.15, 0.2) is 0 Å². The molecule has 0 atom stereocenters. The van der Waals surface area contributed by atoms with Crippen molar-refractivity contribution in [1.82, 2.24) is 19.5 Å². The molecule has 7 nitrogen and oxygen atoms in total. The minimum atomic E-state index is -0.480. The molecule has 19 heavy (non-hydrogen) atoms. The molecule has 0 aliphatic rings. The van der Waals surface area contributed by atoms with Gasteiger partial charge in [0.1, 0.15) is 12.1 Å². The minimum Gasteiger partial charge on any atom is -0.275 e. The van der Waals surface area contributed by atoms with E-state index in [1.807, 2.05) is 13.0 Å². The van der Waals surface area contributed by atoms with Crippen molar-refractivity contribution in [3.8, 4) is 5.82 Å². The first-order valence-corrected chi connectivity index (χ1v) is 5.64. The van der Waals surface area contributed by atoms with E-state index in [0.29, 0.717) is 12.4 Å². The van der Waals surface area contributed by atoms with E-state index < -0.39 is 5.69 Å². The summed E-state index contributed by atoms with van der Waals surface area (Å²) in [5.74, 6) is 6.32. The summed E-state index contributed by atoms with van der Waals surface area (Å²) < 4.78 is 1.28. The van der Waals surface area contributed by atoms with E-state index in [9.17, 15) is 4.79 Å². The first-order valence-electron chi connectivity index (χ1n) is 5.64. The monoisotopic (exact) mass is 258 g/mol. The number of pyridine rings is 1. The number of aromatic nitrogens is 4. The predicted molar refractivity (Wildman–Crippen MR) is 71.9 cm³/mol. The van der Waals surface area contributed by atoms with E-state index >= 15 is 0 Å². The molecule has 7 heteroatoms. The van der Waals surface area contributed by atoms with Gasteiger partial charge in [0.25, 0.3) is 0 Å². The zero-order valence-corrected chi connectivity index (χ0v) is 10.5. The average Bonchev–Trinajstić information content (AvgIpc) is 2.40. The molecule has 0 amide bonds. The highest BCUT2D eigenvalue weighted by Gasteiger charge is 2.09. The second-order valence-electron chi connectivity index (χ2n) is 3.89. The SMILES string of the molecule is C=CCN(N)c1ncn(-c2ncccc2C)c(=O)n1. The second-order valence-corrected chi connectivity index (χ2v) is 3.89. The highest BCUT2D eigenvalue weighted by Crippen LogP contribution is 2.07. The van der Waals surface area contributed by atoms with Crippen LogP contribution < -0.4 is 16.5 Å². The Kier molecular flexibility index (Phi) is 3.67. The Bertz CT molecular complexity index is 651. The molecule has 0 fully saturated rings. The lowest BCUT2D eigenvalue weighted by Crippen LogP contribution is -2.35. The maximum Gasteiger partial charge on any atom is 0.357 e. The van der Waals surface area contributed by atoms with Crippen molar-refractivity contribution in [2.45, 2.75) is 6.92 Å². The summed E-state index contributed by atoms with van der Waals surface area (Å²) in [7, 11) is 0. The zero-order valence-electron chi connectivity index (χ0n) is 10.5. The second kappa shape index (κ2) is 5.40. The smallest absolute Gasteiger partial charge is 0.275 e. The Morgan fingerprint density at radius 2 is 2.32 bits per heavy atom. The molecule has 98 valence electrons. The summed E-state index contributed by atoms with van der Waals surface area (Å²) in [6.45, 7) is 5.76. The Balaban J connectivity index is 2.43. The van der Waals surface area contributed by atoms with Crippen molar-refractivity contribution < 1.29 is 0 Å². The van der Waals surface area contributed by atoms with Crippen LogP contribution in [-0.4, -0.2) is 26.1 Å². The molecule has 0 bridgehead atoms. The van der Waals surface area contributed by atoms with Crippen LogP contribution in [-0.2, 0) is 0 Å². The highest BCUT2D eigenvalue weighted by atomic mass is 16.1. The van der Waals surface area contributed by atoms with Gasteiger partial charge in [0.05, 0.1) is 6.54 Å². The van der Waals surface area contributed by atoms with Crippen molar-refractivity contribution in [3.63, 3.8) is 0 Å². The summed E-state index contributed by atoms with van der Waals surface area (Å²) in [6, 6.07) is 3.65. The van der Waals surface area contributed by atoms with Crippen molar-refractivity contribution >= 4 is 5.95 Å². The van der Waals surface area contributed by atoms with Gasteiger partial charge >= 0.3 is 5.69 Å². The molecule has 0 aliphatic carbocycles. The van der Waals surface area contributed by atoms with E-state index in [-0.39, 0.29) is 5.95 Å². The van der Waals surface area contributed by atoms with Crippen LogP contribution in [0, 0.1) is 6.92 Å². The van der Waals surface area contributed by atoms with Crippen LogP contribution in [0.4, 0.5) is 5.95 Å². The molecule has 0 spiro atoms. The van der Waals surface area contributed by atoms with Crippen LogP contribution in [0.1, 0.15) is 5.56 Å². The lowest BCUT2D eigenvalue weighted by atomic mass is 10.3. The Morgan fingerprint density at radius 1 is 1.53 bits per heavy atom. The minimum absolute atomic E-state index is 0.148. The first kappa shape index (κ1) is 12.9. The molecule has 2 heterocycles. The summed E-state index contributed by atoms with van der Waals surface area (Å²) in [6.07, 6.45) is 4.57. The van der Waals surface area contributed by atoms with Crippen molar-refractivity contribution in [2.24, 2.45) is 5.84 Å². The highest BCUT2D eigenvalue weighted by molar-refractivity contribution is 5.33. The van der Waals surface area contributed by atoms with Gasteiger partial charge < -0.3 is 0 Å². The molecule has 0 aliphatic heterocycles.